The number of nitrogens with zero attached hydrogens (tertiary/aromatic N) is 1. The molecule has 0 atom stereocenters. The number of aromatic nitrogens is 1. The molecule has 104 valence electrons. The quantitative estimate of drug-likeness (QED) is 0.656. The van der Waals surface area contributed by atoms with Crippen molar-refractivity contribution in [1.29, 1.82) is 0 Å². The van der Waals surface area contributed by atoms with E-state index in [2.05, 4.69) is 0 Å². The molecular formula is C13H11Cl3N3O+. The van der Waals surface area contributed by atoms with Gasteiger partial charge in [0.05, 0.1) is 22.7 Å². The van der Waals surface area contributed by atoms with Crippen LogP contribution in [-0.4, -0.2) is 5.91 Å². The Balaban J connectivity index is 2.72. The second-order valence-corrected chi connectivity index (χ2v) is 5.41. The lowest BCUT2D eigenvalue weighted by Crippen LogP contribution is -2.41. The molecular weight excluding hydrogens is 321 g/mol. The lowest BCUT2D eigenvalue weighted by atomic mass is 10.1. The van der Waals surface area contributed by atoms with Crippen LogP contribution in [0, 0.1) is 0 Å². The number of hydrogen-bond donors (Lipinski definition) is 2. The van der Waals surface area contributed by atoms with E-state index in [0.717, 1.165) is 0 Å². The summed E-state index contributed by atoms with van der Waals surface area (Å²) in [4.78, 5) is 11.3. The normalized spacial score (nSPS) is 10.6. The van der Waals surface area contributed by atoms with Gasteiger partial charge in [0.1, 0.15) is 0 Å². The number of anilines is 1. The first-order valence-electron chi connectivity index (χ1n) is 5.56. The summed E-state index contributed by atoms with van der Waals surface area (Å²) < 4.78 is 1.49. The number of carbonyl (C=O) groups excluding carboxylic acids is 1. The van der Waals surface area contributed by atoms with Crippen molar-refractivity contribution in [2.75, 3.05) is 5.73 Å². The topological polar surface area (TPSA) is 73.0 Å². The van der Waals surface area contributed by atoms with Gasteiger partial charge in [-0.15, -0.1) is 0 Å². The highest BCUT2D eigenvalue weighted by atomic mass is 35.5. The Hall–Kier alpha value is -1.49. The van der Waals surface area contributed by atoms with Crippen LogP contribution in [0.1, 0.15) is 10.5 Å². The second kappa shape index (κ2) is 5.48. The number of hydrogen-bond acceptors (Lipinski definition) is 2. The molecule has 2 rings (SSSR count). The summed E-state index contributed by atoms with van der Waals surface area (Å²) >= 11 is 18.2. The molecule has 0 radical (unpaired) electrons. The standard InChI is InChI=1S/C13H10Cl3N3O/c1-19-10(13(18)20)3-2-7(12(19)17)8-4-6(14)5-9(15)11(8)16/h2-5,17H,1H3,(H2,18,20)/p+1. The van der Waals surface area contributed by atoms with E-state index in [-0.39, 0.29) is 5.69 Å². The number of benzene rings is 1. The van der Waals surface area contributed by atoms with Gasteiger partial charge in [0.25, 0.3) is 11.7 Å². The molecule has 0 saturated heterocycles. The Morgan fingerprint density at radius 1 is 1.15 bits per heavy atom. The largest absolute Gasteiger partial charge is 0.362 e. The van der Waals surface area contributed by atoms with E-state index in [1.54, 1.807) is 31.3 Å². The van der Waals surface area contributed by atoms with Gasteiger partial charge < -0.3 is 5.73 Å². The summed E-state index contributed by atoms with van der Waals surface area (Å²) in [6.45, 7) is 0. The van der Waals surface area contributed by atoms with Gasteiger partial charge in [0.2, 0.25) is 0 Å². The third-order valence-electron chi connectivity index (χ3n) is 2.94. The summed E-state index contributed by atoms with van der Waals surface area (Å²) in [7, 11) is 1.64. The lowest BCUT2D eigenvalue weighted by molar-refractivity contribution is -0.658. The van der Waals surface area contributed by atoms with Crippen LogP contribution in [0.25, 0.3) is 11.1 Å². The molecule has 0 bridgehead atoms. The fourth-order valence-electron chi connectivity index (χ4n) is 1.90. The van der Waals surface area contributed by atoms with Gasteiger partial charge in [0, 0.05) is 10.6 Å². The van der Waals surface area contributed by atoms with E-state index < -0.39 is 5.91 Å². The summed E-state index contributed by atoms with van der Waals surface area (Å²) in [5.74, 6) is -0.234. The minimum atomic E-state index is -0.569. The van der Waals surface area contributed by atoms with E-state index in [1.807, 2.05) is 0 Å². The first kappa shape index (κ1) is 14.9. The van der Waals surface area contributed by atoms with Gasteiger partial charge in [-0.2, -0.15) is 0 Å². The zero-order chi connectivity index (χ0) is 15.0. The van der Waals surface area contributed by atoms with Crippen molar-refractivity contribution in [3.05, 3.63) is 45.0 Å². The summed E-state index contributed by atoms with van der Waals surface area (Å²) in [5, 5.41) is 1.11. The van der Waals surface area contributed by atoms with Crippen molar-refractivity contribution in [3.8, 4) is 11.1 Å². The number of nitrogens with two attached hydrogens (primary N) is 2. The molecule has 4 nitrogen and oxygen atoms in total. The number of nitrogen functional groups attached to an aromatic ring is 1. The molecule has 0 aliphatic rings. The molecule has 4 N–H and O–H groups in total. The van der Waals surface area contributed by atoms with Gasteiger partial charge in [-0.05, 0) is 24.3 Å². The fraction of sp³-hybridized carbons (Fsp3) is 0.0769. The average Bonchev–Trinajstić information content (AvgIpc) is 2.37. The Morgan fingerprint density at radius 3 is 2.40 bits per heavy atom. The van der Waals surface area contributed by atoms with Gasteiger partial charge in [-0.3, -0.25) is 10.5 Å². The molecule has 0 aliphatic carbocycles. The molecule has 1 heterocycles. The van der Waals surface area contributed by atoms with Crippen LogP contribution in [0.5, 0.6) is 0 Å². The van der Waals surface area contributed by atoms with E-state index in [9.17, 15) is 4.79 Å². The van der Waals surface area contributed by atoms with Crippen LogP contribution in [0.15, 0.2) is 24.3 Å². The van der Waals surface area contributed by atoms with Gasteiger partial charge in [-0.1, -0.05) is 34.8 Å². The van der Waals surface area contributed by atoms with Crippen LogP contribution >= 0.6 is 34.8 Å². The number of primary amides is 1. The molecule has 1 aromatic carbocycles. The molecule has 0 aliphatic heterocycles. The number of carbonyl (C=O) groups is 1. The highest BCUT2D eigenvalue weighted by Gasteiger charge is 2.20. The Labute approximate surface area is 130 Å². The van der Waals surface area contributed by atoms with E-state index in [1.165, 1.54) is 4.57 Å². The number of pyridine rings is 1. The zero-order valence-corrected chi connectivity index (χ0v) is 12.7. The third kappa shape index (κ3) is 2.54. The number of halogens is 3. The molecule has 0 saturated carbocycles. The van der Waals surface area contributed by atoms with Crippen LogP contribution in [-0.2, 0) is 7.05 Å². The predicted molar refractivity (Wildman–Crippen MR) is 81.0 cm³/mol. The van der Waals surface area contributed by atoms with Crippen LogP contribution < -0.4 is 16.0 Å². The molecule has 0 spiro atoms. The fourth-order valence-corrected chi connectivity index (χ4v) is 2.60. The number of rotatable bonds is 2. The number of amides is 1. The third-order valence-corrected chi connectivity index (χ3v) is 3.96. The van der Waals surface area contributed by atoms with Gasteiger partial charge in [-0.25, -0.2) is 4.57 Å². The highest BCUT2D eigenvalue weighted by molar-refractivity contribution is 6.45. The van der Waals surface area contributed by atoms with Crippen molar-refractivity contribution >= 4 is 46.5 Å². The molecule has 7 heteroatoms. The predicted octanol–water partition coefficient (Wildman–Crippen LogP) is 2.82. The first-order valence-corrected chi connectivity index (χ1v) is 6.69. The molecule has 0 fully saturated rings. The zero-order valence-electron chi connectivity index (χ0n) is 10.5. The SMILES string of the molecule is C[n+]1c(C(N)=O)ccc(-c2cc(Cl)cc(Cl)c2Cl)c1N. The summed E-state index contributed by atoms with van der Waals surface area (Å²) in [6, 6.07) is 6.43. The maximum atomic E-state index is 11.3. The molecule has 2 aromatic rings. The molecule has 0 unspecified atom stereocenters. The van der Waals surface area contributed by atoms with E-state index in [4.69, 9.17) is 46.3 Å². The Bertz CT molecular complexity index is 716. The van der Waals surface area contributed by atoms with Crippen LogP contribution in [0.4, 0.5) is 5.82 Å². The maximum Gasteiger partial charge on any atom is 0.288 e. The Morgan fingerprint density at radius 2 is 1.80 bits per heavy atom. The minimum absolute atomic E-state index is 0.287. The smallest absolute Gasteiger partial charge is 0.288 e. The van der Waals surface area contributed by atoms with Crippen molar-refractivity contribution in [2.24, 2.45) is 12.8 Å². The van der Waals surface area contributed by atoms with Crippen LogP contribution in [0.3, 0.4) is 0 Å². The van der Waals surface area contributed by atoms with Crippen molar-refractivity contribution < 1.29 is 9.36 Å². The second-order valence-electron chi connectivity index (χ2n) is 4.19. The van der Waals surface area contributed by atoms with Crippen molar-refractivity contribution in [1.82, 2.24) is 0 Å². The molecule has 20 heavy (non-hydrogen) atoms. The highest BCUT2D eigenvalue weighted by Crippen LogP contribution is 2.37. The molecule has 1 amide bonds. The minimum Gasteiger partial charge on any atom is -0.362 e. The van der Waals surface area contributed by atoms with E-state index in [0.29, 0.717) is 32.0 Å². The van der Waals surface area contributed by atoms with E-state index >= 15 is 0 Å². The summed E-state index contributed by atoms with van der Waals surface area (Å²) in [6.07, 6.45) is 0. The van der Waals surface area contributed by atoms with Crippen molar-refractivity contribution in [2.45, 2.75) is 0 Å². The average molecular weight is 332 g/mol. The monoisotopic (exact) mass is 330 g/mol. The Kier molecular flexibility index (Phi) is 4.09. The van der Waals surface area contributed by atoms with Gasteiger partial charge in [0.15, 0.2) is 5.69 Å². The summed E-state index contributed by atoms with van der Waals surface area (Å²) in [5.41, 5.74) is 12.8. The van der Waals surface area contributed by atoms with Gasteiger partial charge >= 0.3 is 0 Å². The maximum absolute atomic E-state index is 11.3. The van der Waals surface area contributed by atoms with Crippen molar-refractivity contribution in [3.63, 3.8) is 0 Å². The molecule has 1 aromatic heterocycles. The first-order chi connectivity index (χ1) is 9.32. The van der Waals surface area contributed by atoms with Crippen LogP contribution in [0.2, 0.25) is 15.1 Å². The lowest BCUT2D eigenvalue weighted by Gasteiger charge is -2.10.